The van der Waals surface area contributed by atoms with Crippen LogP contribution in [-0.2, 0) is 14.3 Å². The van der Waals surface area contributed by atoms with Gasteiger partial charge in [-0.15, -0.1) is 0 Å². The van der Waals surface area contributed by atoms with Crippen LogP contribution in [0.5, 0.6) is 0 Å². The molecule has 7 heteroatoms. The van der Waals surface area contributed by atoms with Crippen molar-refractivity contribution in [2.75, 3.05) is 6.61 Å². The van der Waals surface area contributed by atoms with Gasteiger partial charge in [-0.1, -0.05) is 67.1 Å². The molecule has 0 saturated heterocycles. The minimum atomic E-state index is -0.862. The van der Waals surface area contributed by atoms with E-state index < -0.39 is 23.9 Å². The van der Waals surface area contributed by atoms with E-state index in [9.17, 15) is 19.5 Å². The van der Waals surface area contributed by atoms with Crippen LogP contribution in [0.15, 0.2) is 60.7 Å². The number of rotatable bonds is 6. The van der Waals surface area contributed by atoms with Crippen molar-refractivity contribution in [3.05, 3.63) is 71.8 Å². The lowest BCUT2D eigenvalue weighted by Gasteiger charge is -2.20. The molecular weight excluding hydrogens is 432 g/mol. The number of carboxylic acid groups (broad SMARTS) is 1. The van der Waals surface area contributed by atoms with Crippen molar-refractivity contribution >= 4 is 18.0 Å². The van der Waals surface area contributed by atoms with Crippen molar-refractivity contribution in [2.45, 2.75) is 43.7 Å². The maximum absolute atomic E-state index is 12.6. The number of benzene rings is 2. The molecule has 2 amide bonds. The molecule has 0 aliphatic heterocycles. The molecule has 7 nitrogen and oxygen atoms in total. The normalized spacial score (nSPS) is 24.9. The van der Waals surface area contributed by atoms with Gasteiger partial charge in [-0.2, -0.15) is 0 Å². The fourth-order valence-electron chi connectivity index (χ4n) is 5.51. The lowest BCUT2D eigenvalue weighted by atomic mass is 9.98. The van der Waals surface area contributed by atoms with E-state index >= 15 is 0 Å². The van der Waals surface area contributed by atoms with Gasteiger partial charge in [0.2, 0.25) is 5.91 Å². The van der Waals surface area contributed by atoms with Gasteiger partial charge in [0.25, 0.3) is 0 Å². The lowest BCUT2D eigenvalue weighted by molar-refractivity contribution is -0.142. The minimum absolute atomic E-state index is 0.00982. The van der Waals surface area contributed by atoms with E-state index in [1.165, 1.54) is 11.1 Å². The molecular formula is C27H28N2O5. The number of amides is 2. The molecule has 0 heterocycles. The Morgan fingerprint density at radius 2 is 1.59 bits per heavy atom. The zero-order valence-electron chi connectivity index (χ0n) is 18.8. The fraction of sp³-hybridized carbons (Fsp3) is 0.370. The zero-order valence-corrected chi connectivity index (χ0v) is 18.8. The first-order valence-corrected chi connectivity index (χ1v) is 11.8. The van der Waals surface area contributed by atoms with Crippen LogP contribution in [0.3, 0.4) is 0 Å². The molecule has 3 N–H and O–H groups in total. The largest absolute Gasteiger partial charge is 0.481 e. The zero-order chi connectivity index (χ0) is 23.7. The maximum Gasteiger partial charge on any atom is 0.407 e. The molecule has 176 valence electrons. The SMILES string of the molecule is O=C(NC1C=CC(C(=O)N[C@H]2CCC[C@H]2C(=O)O)C1)OCC1c2ccccc2-c2ccccc21. The number of hydrogen-bond donors (Lipinski definition) is 3. The van der Waals surface area contributed by atoms with Crippen LogP contribution in [0.25, 0.3) is 11.1 Å². The molecule has 2 unspecified atom stereocenters. The van der Waals surface area contributed by atoms with Crippen molar-refractivity contribution in [2.24, 2.45) is 11.8 Å². The summed E-state index contributed by atoms with van der Waals surface area (Å²) in [5.74, 6) is -1.98. The van der Waals surface area contributed by atoms with Crippen molar-refractivity contribution in [3.8, 4) is 11.1 Å². The maximum atomic E-state index is 12.6. The van der Waals surface area contributed by atoms with Gasteiger partial charge in [0.15, 0.2) is 0 Å². The Bertz CT molecular complexity index is 1100. The van der Waals surface area contributed by atoms with Crippen LogP contribution >= 0.6 is 0 Å². The Morgan fingerprint density at radius 3 is 2.26 bits per heavy atom. The number of nitrogens with one attached hydrogen (secondary N) is 2. The Labute approximate surface area is 198 Å². The molecule has 3 aliphatic carbocycles. The van der Waals surface area contributed by atoms with Gasteiger partial charge in [-0.25, -0.2) is 4.79 Å². The smallest absolute Gasteiger partial charge is 0.407 e. The Morgan fingerprint density at radius 1 is 0.912 bits per heavy atom. The minimum Gasteiger partial charge on any atom is -0.481 e. The second-order valence-electron chi connectivity index (χ2n) is 9.29. The van der Waals surface area contributed by atoms with Crippen molar-refractivity contribution < 1.29 is 24.2 Å². The molecule has 2 aromatic rings. The first kappa shape index (κ1) is 22.2. The molecule has 1 fully saturated rings. The number of fused-ring (bicyclic) bond motifs is 3. The molecule has 0 spiro atoms. The monoisotopic (exact) mass is 460 g/mol. The van der Waals surface area contributed by atoms with Gasteiger partial charge < -0.3 is 20.5 Å². The van der Waals surface area contributed by atoms with Crippen molar-refractivity contribution in [1.29, 1.82) is 0 Å². The van der Waals surface area contributed by atoms with E-state index in [-0.39, 0.29) is 30.5 Å². The van der Waals surface area contributed by atoms with E-state index in [1.807, 2.05) is 24.3 Å². The van der Waals surface area contributed by atoms with E-state index in [0.29, 0.717) is 19.3 Å². The van der Waals surface area contributed by atoms with E-state index in [4.69, 9.17) is 4.74 Å². The predicted molar refractivity (Wildman–Crippen MR) is 126 cm³/mol. The number of carboxylic acids is 1. The number of carbonyl (C=O) groups excluding carboxylic acids is 2. The predicted octanol–water partition coefficient (Wildman–Crippen LogP) is 3.84. The summed E-state index contributed by atoms with van der Waals surface area (Å²) in [6.07, 6.45) is 5.56. The Balaban J connectivity index is 1.13. The first-order valence-electron chi connectivity index (χ1n) is 11.8. The van der Waals surface area contributed by atoms with E-state index in [1.54, 1.807) is 12.2 Å². The third-order valence-electron chi connectivity index (χ3n) is 7.23. The molecule has 5 rings (SSSR count). The Hall–Kier alpha value is -3.61. The number of hydrogen-bond acceptors (Lipinski definition) is 4. The fourth-order valence-corrected chi connectivity index (χ4v) is 5.51. The van der Waals surface area contributed by atoms with Crippen LogP contribution in [0.2, 0.25) is 0 Å². The quantitative estimate of drug-likeness (QED) is 0.568. The highest BCUT2D eigenvalue weighted by Crippen LogP contribution is 2.44. The first-order chi connectivity index (χ1) is 16.5. The van der Waals surface area contributed by atoms with Crippen LogP contribution < -0.4 is 10.6 Å². The topological polar surface area (TPSA) is 105 Å². The van der Waals surface area contributed by atoms with Crippen molar-refractivity contribution in [3.63, 3.8) is 0 Å². The second kappa shape index (κ2) is 9.33. The summed E-state index contributed by atoms with van der Waals surface area (Å²) in [6, 6.07) is 15.7. The average molecular weight is 461 g/mol. The molecule has 0 radical (unpaired) electrons. The van der Waals surface area contributed by atoms with Crippen LogP contribution in [-0.4, -0.2) is 41.8 Å². The van der Waals surface area contributed by atoms with Gasteiger partial charge in [0.1, 0.15) is 6.61 Å². The highest BCUT2D eigenvalue weighted by molar-refractivity contribution is 5.83. The van der Waals surface area contributed by atoms with Gasteiger partial charge in [-0.3, -0.25) is 9.59 Å². The van der Waals surface area contributed by atoms with E-state index in [2.05, 4.69) is 34.9 Å². The highest BCUT2D eigenvalue weighted by Gasteiger charge is 2.36. The van der Waals surface area contributed by atoms with Gasteiger partial charge >= 0.3 is 12.1 Å². The summed E-state index contributed by atoms with van der Waals surface area (Å²) >= 11 is 0. The van der Waals surface area contributed by atoms with Gasteiger partial charge in [-0.05, 0) is 41.5 Å². The molecule has 34 heavy (non-hydrogen) atoms. The van der Waals surface area contributed by atoms with Crippen LogP contribution in [0.4, 0.5) is 4.79 Å². The standard InChI is InChI=1S/C27H28N2O5/c30-25(29-24-11-5-10-22(24)26(31)32)16-12-13-17(14-16)28-27(33)34-15-23-20-8-3-1-6-18(20)19-7-2-4-9-21(19)23/h1-4,6-9,12-13,16-17,22-24H,5,10-11,14-15H2,(H,28,33)(H,29,30)(H,31,32)/t16?,17?,22-,24+/m1/s1. The molecule has 0 bridgehead atoms. The number of aliphatic carboxylic acids is 1. The highest BCUT2D eigenvalue weighted by atomic mass is 16.5. The average Bonchev–Trinajstić information content (AvgIpc) is 3.56. The third kappa shape index (κ3) is 4.30. The number of ether oxygens (including phenoxy) is 1. The lowest BCUT2D eigenvalue weighted by Crippen LogP contribution is -2.43. The summed E-state index contributed by atoms with van der Waals surface area (Å²) < 4.78 is 5.60. The molecule has 4 atom stereocenters. The van der Waals surface area contributed by atoms with Crippen LogP contribution in [0.1, 0.15) is 42.7 Å². The molecule has 3 aliphatic rings. The molecule has 1 saturated carbocycles. The summed E-state index contributed by atoms with van der Waals surface area (Å²) in [5.41, 5.74) is 4.65. The number of carbonyl (C=O) groups is 3. The van der Waals surface area contributed by atoms with Crippen molar-refractivity contribution in [1.82, 2.24) is 10.6 Å². The summed E-state index contributed by atoms with van der Waals surface area (Å²) in [6.45, 7) is 0.235. The van der Waals surface area contributed by atoms with E-state index in [0.717, 1.165) is 17.5 Å². The number of alkyl carbamates (subject to hydrolysis) is 1. The van der Waals surface area contributed by atoms with Gasteiger partial charge in [0.05, 0.1) is 17.9 Å². The summed E-state index contributed by atoms with van der Waals surface area (Å²) in [4.78, 5) is 36.5. The molecule has 0 aromatic heterocycles. The Kier molecular flexibility index (Phi) is 6.09. The van der Waals surface area contributed by atoms with Gasteiger partial charge in [0, 0.05) is 12.0 Å². The summed E-state index contributed by atoms with van der Waals surface area (Å²) in [5, 5.41) is 15.0. The summed E-state index contributed by atoms with van der Waals surface area (Å²) in [7, 11) is 0. The second-order valence-corrected chi connectivity index (χ2v) is 9.29. The molecule has 2 aromatic carbocycles. The van der Waals surface area contributed by atoms with Crippen LogP contribution in [0, 0.1) is 11.8 Å². The third-order valence-corrected chi connectivity index (χ3v) is 7.23.